The summed E-state index contributed by atoms with van der Waals surface area (Å²) in [5.41, 5.74) is 2.45. The van der Waals surface area contributed by atoms with Crippen LogP contribution >= 0.6 is 0 Å². The number of piperidine rings is 1. The standard InChI is InChI=1S/C21H28N4O4/c1-21(2)24-15(12-29-21)7-8-22-10-13-3-4-16-14(9-13)11-25(20(16)28)17-5-6-18(26)23-19(17)27/h3-4,9,15,17,22,24H,5-8,10-12H2,1-2H3,(H,23,26,27)/t15-,17?/m0/s1. The maximum atomic E-state index is 12.7. The molecule has 3 aliphatic rings. The van der Waals surface area contributed by atoms with Crippen molar-refractivity contribution in [3.63, 3.8) is 0 Å². The Hall–Kier alpha value is -2.29. The van der Waals surface area contributed by atoms with Gasteiger partial charge in [0.05, 0.1) is 6.61 Å². The first-order valence-electron chi connectivity index (χ1n) is 10.2. The molecule has 4 rings (SSSR count). The molecule has 3 amide bonds. The van der Waals surface area contributed by atoms with Gasteiger partial charge < -0.3 is 15.0 Å². The van der Waals surface area contributed by atoms with Gasteiger partial charge in [-0.3, -0.25) is 25.0 Å². The molecule has 0 aromatic heterocycles. The molecule has 8 nitrogen and oxygen atoms in total. The van der Waals surface area contributed by atoms with Crippen molar-refractivity contribution in [3.05, 3.63) is 34.9 Å². The monoisotopic (exact) mass is 400 g/mol. The van der Waals surface area contributed by atoms with Crippen molar-refractivity contribution in [2.75, 3.05) is 13.2 Å². The van der Waals surface area contributed by atoms with E-state index in [1.807, 2.05) is 32.0 Å². The summed E-state index contributed by atoms with van der Waals surface area (Å²) in [6.07, 6.45) is 1.63. The number of benzene rings is 1. The van der Waals surface area contributed by atoms with E-state index < -0.39 is 6.04 Å². The highest BCUT2D eigenvalue weighted by Crippen LogP contribution is 2.28. The molecule has 0 spiro atoms. The van der Waals surface area contributed by atoms with Crippen LogP contribution in [0.25, 0.3) is 0 Å². The number of fused-ring (bicyclic) bond motifs is 1. The van der Waals surface area contributed by atoms with Gasteiger partial charge in [0.2, 0.25) is 11.8 Å². The number of amides is 3. The van der Waals surface area contributed by atoms with Crippen LogP contribution in [-0.4, -0.2) is 53.6 Å². The topological polar surface area (TPSA) is 99.8 Å². The molecule has 0 aliphatic carbocycles. The highest BCUT2D eigenvalue weighted by Gasteiger charge is 2.39. The molecule has 0 saturated carbocycles. The average Bonchev–Trinajstić information content (AvgIpc) is 3.18. The van der Waals surface area contributed by atoms with Gasteiger partial charge in [0.15, 0.2) is 0 Å². The van der Waals surface area contributed by atoms with Crippen molar-refractivity contribution in [2.24, 2.45) is 0 Å². The van der Waals surface area contributed by atoms with E-state index in [0.717, 1.165) is 37.2 Å². The summed E-state index contributed by atoms with van der Waals surface area (Å²) < 4.78 is 5.68. The quantitative estimate of drug-likeness (QED) is 0.479. The van der Waals surface area contributed by atoms with Gasteiger partial charge in [-0.25, -0.2) is 0 Å². The Morgan fingerprint density at radius 1 is 1.28 bits per heavy atom. The number of ether oxygens (including phenoxy) is 1. The number of nitrogens with zero attached hydrogens (tertiary/aromatic N) is 1. The van der Waals surface area contributed by atoms with Gasteiger partial charge in [-0.05, 0) is 50.4 Å². The Morgan fingerprint density at radius 2 is 2.10 bits per heavy atom. The smallest absolute Gasteiger partial charge is 0.255 e. The third-order valence-corrected chi connectivity index (χ3v) is 5.78. The van der Waals surface area contributed by atoms with E-state index >= 15 is 0 Å². The molecule has 3 heterocycles. The molecule has 0 radical (unpaired) electrons. The summed E-state index contributed by atoms with van der Waals surface area (Å²) >= 11 is 0. The molecule has 29 heavy (non-hydrogen) atoms. The highest BCUT2D eigenvalue weighted by molar-refractivity contribution is 6.05. The Morgan fingerprint density at radius 3 is 2.83 bits per heavy atom. The Bertz CT molecular complexity index is 838. The molecule has 2 fully saturated rings. The van der Waals surface area contributed by atoms with Crippen molar-refractivity contribution in [3.8, 4) is 0 Å². The largest absolute Gasteiger partial charge is 0.360 e. The summed E-state index contributed by atoms with van der Waals surface area (Å²) in [6.45, 7) is 6.79. The lowest BCUT2D eigenvalue weighted by molar-refractivity contribution is -0.136. The minimum atomic E-state index is -0.570. The van der Waals surface area contributed by atoms with Crippen molar-refractivity contribution >= 4 is 17.7 Å². The summed E-state index contributed by atoms with van der Waals surface area (Å²) in [4.78, 5) is 37.8. The van der Waals surface area contributed by atoms with Crippen molar-refractivity contribution < 1.29 is 19.1 Å². The SMILES string of the molecule is CC1(C)N[C@@H](CCNCc2ccc3c(c2)CN(C2CCC(=O)NC2=O)C3=O)CO1. The third-order valence-electron chi connectivity index (χ3n) is 5.78. The predicted octanol–water partition coefficient (Wildman–Crippen LogP) is 0.652. The van der Waals surface area contributed by atoms with Gasteiger partial charge in [0, 0.05) is 31.1 Å². The minimum Gasteiger partial charge on any atom is -0.360 e. The maximum Gasteiger partial charge on any atom is 0.255 e. The predicted molar refractivity (Wildman–Crippen MR) is 106 cm³/mol. The third kappa shape index (κ3) is 4.34. The van der Waals surface area contributed by atoms with E-state index in [4.69, 9.17) is 4.74 Å². The molecule has 156 valence electrons. The molecule has 3 aliphatic heterocycles. The molecule has 2 atom stereocenters. The Labute approximate surface area is 170 Å². The molecular weight excluding hydrogens is 372 g/mol. The Kier molecular flexibility index (Phi) is 5.42. The maximum absolute atomic E-state index is 12.7. The fourth-order valence-electron chi connectivity index (χ4n) is 4.29. The van der Waals surface area contributed by atoms with Crippen molar-refractivity contribution in [1.82, 2.24) is 20.9 Å². The van der Waals surface area contributed by atoms with E-state index in [9.17, 15) is 14.4 Å². The second-order valence-electron chi connectivity index (χ2n) is 8.52. The molecule has 1 unspecified atom stereocenters. The van der Waals surface area contributed by atoms with Gasteiger partial charge in [-0.1, -0.05) is 12.1 Å². The highest BCUT2D eigenvalue weighted by atomic mass is 16.5. The fourth-order valence-corrected chi connectivity index (χ4v) is 4.29. The first kappa shape index (κ1) is 20.0. The average molecular weight is 400 g/mol. The summed E-state index contributed by atoms with van der Waals surface area (Å²) in [6, 6.07) is 5.62. The number of hydrogen-bond acceptors (Lipinski definition) is 6. The zero-order valence-electron chi connectivity index (χ0n) is 16.9. The van der Waals surface area contributed by atoms with E-state index in [2.05, 4.69) is 16.0 Å². The molecular formula is C21H28N4O4. The summed E-state index contributed by atoms with van der Waals surface area (Å²) in [5.74, 6) is -0.785. The van der Waals surface area contributed by atoms with Crippen LogP contribution in [0.15, 0.2) is 18.2 Å². The fraction of sp³-hybridized carbons (Fsp3) is 0.571. The van der Waals surface area contributed by atoms with E-state index in [1.165, 1.54) is 0 Å². The second kappa shape index (κ2) is 7.85. The Balaban J connectivity index is 1.31. The first-order chi connectivity index (χ1) is 13.8. The lowest BCUT2D eigenvalue weighted by Gasteiger charge is -2.29. The second-order valence-corrected chi connectivity index (χ2v) is 8.52. The molecule has 2 saturated heterocycles. The van der Waals surface area contributed by atoms with Crippen LogP contribution < -0.4 is 16.0 Å². The molecule has 3 N–H and O–H groups in total. The number of nitrogens with one attached hydrogen (secondary N) is 3. The normalized spacial score (nSPS) is 26.0. The van der Waals surface area contributed by atoms with Crippen LogP contribution in [0.2, 0.25) is 0 Å². The number of rotatable bonds is 6. The van der Waals surface area contributed by atoms with Crippen LogP contribution in [0.3, 0.4) is 0 Å². The number of carbonyl (C=O) groups is 3. The molecule has 1 aromatic carbocycles. The molecule has 8 heteroatoms. The van der Waals surface area contributed by atoms with Crippen molar-refractivity contribution in [2.45, 2.75) is 64.0 Å². The zero-order chi connectivity index (χ0) is 20.6. The zero-order valence-corrected chi connectivity index (χ0v) is 16.9. The lowest BCUT2D eigenvalue weighted by Crippen LogP contribution is -2.52. The van der Waals surface area contributed by atoms with E-state index in [-0.39, 0.29) is 29.9 Å². The summed E-state index contributed by atoms with van der Waals surface area (Å²) in [7, 11) is 0. The lowest BCUT2D eigenvalue weighted by atomic mass is 10.0. The van der Waals surface area contributed by atoms with Gasteiger partial charge in [-0.15, -0.1) is 0 Å². The van der Waals surface area contributed by atoms with Crippen LogP contribution in [0, 0.1) is 0 Å². The van der Waals surface area contributed by atoms with Gasteiger partial charge in [0.1, 0.15) is 11.8 Å². The van der Waals surface area contributed by atoms with Crippen molar-refractivity contribution in [1.29, 1.82) is 0 Å². The van der Waals surface area contributed by atoms with E-state index in [0.29, 0.717) is 24.6 Å². The number of hydrogen-bond donors (Lipinski definition) is 3. The van der Waals surface area contributed by atoms with Gasteiger partial charge >= 0.3 is 0 Å². The number of carbonyl (C=O) groups excluding carboxylic acids is 3. The van der Waals surface area contributed by atoms with E-state index in [1.54, 1.807) is 4.90 Å². The first-order valence-corrected chi connectivity index (χ1v) is 10.2. The number of imide groups is 1. The molecule has 1 aromatic rings. The van der Waals surface area contributed by atoms with Crippen LogP contribution in [-0.2, 0) is 27.4 Å². The summed E-state index contributed by atoms with van der Waals surface area (Å²) in [5, 5.41) is 9.23. The minimum absolute atomic E-state index is 0.135. The molecule has 0 bridgehead atoms. The van der Waals surface area contributed by atoms with Crippen LogP contribution in [0.4, 0.5) is 0 Å². The van der Waals surface area contributed by atoms with Gasteiger partial charge in [-0.2, -0.15) is 0 Å². The van der Waals surface area contributed by atoms with Gasteiger partial charge in [0.25, 0.3) is 5.91 Å². The van der Waals surface area contributed by atoms with Crippen LogP contribution in [0.5, 0.6) is 0 Å². The van der Waals surface area contributed by atoms with Crippen LogP contribution in [0.1, 0.15) is 54.6 Å².